The standard InChI is InChI=1S/C23H26N2O2/c1-17(11-9-10-16-21(26)27)25-18(2)24-22(19-12-5-3-6-13-19)23(25)20-14-7-4-8-15-20/h3-8,12-15,17H,9-11,16H2,1-2H3,(H,26,27). The minimum Gasteiger partial charge on any atom is -0.481 e. The number of carbonyl (C=O) groups is 1. The molecule has 4 nitrogen and oxygen atoms in total. The molecule has 1 aromatic heterocycles. The van der Waals surface area contributed by atoms with Crippen LogP contribution in [0, 0.1) is 6.92 Å². The Balaban J connectivity index is 1.98. The molecule has 0 amide bonds. The molecule has 1 heterocycles. The molecule has 1 atom stereocenters. The Morgan fingerprint density at radius 3 is 2.19 bits per heavy atom. The number of rotatable bonds is 8. The molecule has 1 unspecified atom stereocenters. The van der Waals surface area contributed by atoms with Crippen LogP contribution in [0.15, 0.2) is 60.7 Å². The van der Waals surface area contributed by atoms with Gasteiger partial charge in [0.25, 0.3) is 0 Å². The number of hydrogen-bond acceptors (Lipinski definition) is 2. The van der Waals surface area contributed by atoms with Gasteiger partial charge in [-0.3, -0.25) is 4.79 Å². The predicted molar refractivity (Wildman–Crippen MR) is 109 cm³/mol. The van der Waals surface area contributed by atoms with Gasteiger partial charge in [-0.15, -0.1) is 0 Å². The third kappa shape index (κ3) is 4.45. The number of aromatic nitrogens is 2. The van der Waals surface area contributed by atoms with Crippen LogP contribution in [-0.2, 0) is 4.79 Å². The summed E-state index contributed by atoms with van der Waals surface area (Å²) >= 11 is 0. The number of carboxylic acid groups (broad SMARTS) is 1. The first-order chi connectivity index (χ1) is 13.1. The van der Waals surface area contributed by atoms with Crippen molar-refractivity contribution in [2.24, 2.45) is 0 Å². The number of benzene rings is 2. The number of hydrogen-bond donors (Lipinski definition) is 1. The van der Waals surface area contributed by atoms with Gasteiger partial charge in [0, 0.05) is 23.6 Å². The van der Waals surface area contributed by atoms with Crippen molar-refractivity contribution in [1.29, 1.82) is 0 Å². The van der Waals surface area contributed by atoms with E-state index in [1.54, 1.807) is 0 Å². The van der Waals surface area contributed by atoms with Crippen molar-refractivity contribution in [1.82, 2.24) is 9.55 Å². The molecular weight excluding hydrogens is 336 g/mol. The average molecular weight is 362 g/mol. The first kappa shape index (κ1) is 18.9. The molecule has 0 aliphatic rings. The maximum atomic E-state index is 10.8. The van der Waals surface area contributed by atoms with E-state index in [0.717, 1.165) is 41.2 Å². The summed E-state index contributed by atoms with van der Waals surface area (Å²) < 4.78 is 2.30. The molecule has 0 saturated heterocycles. The minimum atomic E-state index is -0.724. The smallest absolute Gasteiger partial charge is 0.303 e. The van der Waals surface area contributed by atoms with Gasteiger partial charge in [0.2, 0.25) is 0 Å². The number of unbranched alkanes of at least 4 members (excludes halogenated alkanes) is 1. The van der Waals surface area contributed by atoms with Crippen molar-refractivity contribution in [2.45, 2.75) is 45.6 Å². The van der Waals surface area contributed by atoms with Gasteiger partial charge in [-0.25, -0.2) is 4.98 Å². The van der Waals surface area contributed by atoms with Gasteiger partial charge >= 0.3 is 5.97 Å². The normalized spacial score (nSPS) is 12.1. The van der Waals surface area contributed by atoms with Gasteiger partial charge in [-0.05, 0) is 26.7 Å². The molecule has 0 aliphatic carbocycles. The lowest BCUT2D eigenvalue weighted by Crippen LogP contribution is -2.09. The van der Waals surface area contributed by atoms with E-state index in [1.807, 2.05) is 43.3 Å². The summed E-state index contributed by atoms with van der Waals surface area (Å²) in [5.74, 6) is 0.260. The van der Waals surface area contributed by atoms with E-state index in [4.69, 9.17) is 10.1 Å². The molecule has 4 heteroatoms. The van der Waals surface area contributed by atoms with Crippen LogP contribution < -0.4 is 0 Å². The molecule has 0 fully saturated rings. The van der Waals surface area contributed by atoms with E-state index < -0.39 is 5.97 Å². The number of imidazole rings is 1. The largest absolute Gasteiger partial charge is 0.481 e. The number of aryl methyl sites for hydroxylation is 1. The van der Waals surface area contributed by atoms with Gasteiger partial charge in [-0.1, -0.05) is 67.1 Å². The fourth-order valence-corrected chi connectivity index (χ4v) is 3.60. The first-order valence-corrected chi connectivity index (χ1v) is 9.49. The van der Waals surface area contributed by atoms with E-state index in [1.165, 1.54) is 0 Å². The fourth-order valence-electron chi connectivity index (χ4n) is 3.60. The molecule has 2 aromatic carbocycles. The molecular formula is C23H26N2O2. The van der Waals surface area contributed by atoms with Gasteiger partial charge in [0.05, 0.1) is 11.4 Å². The molecule has 1 N–H and O–H groups in total. The molecule has 3 aromatic rings. The van der Waals surface area contributed by atoms with Crippen LogP contribution in [0.2, 0.25) is 0 Å². The second kappa shape index (κ2) is 8.67. The summed E-state index contributed by atoms with van der Waals surface area (Å²) in [7, 11) is 0. The lowest BCUT2D eigenvalue weighted by molar-refractivity contribution is -0.137. The number of aliphatic carboxylic acids is 1. The number of nitrogens with zero attached hydrogens (tertiary/aromatic N) is 2. The second-order valence-corrected chi connectivity index (χ2v) is 6.95. The van der Waals surface area contributed by atoms with E-state index in [-0.39, 0.29) is 12.5 Å². The highest BCUT2D eigenvalue weighted by atomic mass is 16.4. The summed E-state index contributed by atoms with van der Waals surface area (Å²) in [5, 5.41) is 8.85. The Hall–Kier alpha value is -2.88. The topological polar surface area (TPSA) is 55.1 Å². The fraction of sp³-hybridized carbons (Fsp3) is 0.304. The molecule has 3 rings (SSSR count). The third-order valence-corrected chi connectivity index (χ3v) is 4.89. The van der Waals surface area contributed by atoms with Crippen molar-refractivity contribution < 1.29 is 9.90 Å². The van der Waals surface area contributed by atoms with Crippen LogP contribution in [0.3, 0.4) is 0 Å². The highest BCUT2D eigenvalue weighted by Crippen LogP contribution is 2.35. The van der Waals surface area contributed by atoms with Crippen molar-refractivity contribution in [2.75, 3.05) is 0 Å². The van der Waals surface area contributed by atoms with Gasteiger partial charge in [-0.2, -0.15) is 0 Å². The lowest BCUT2D eigenvalue weighted by atomic mass is 10.0. The van der Waals surface area contributed by atoms with Crippen LogP contribution in [-0.4, -0.2) is 20.6 Å². The highest BCUT2D eigenvalue weighted by molar-refractivity contribution is 5.79. The summed E-state index contributed by atoms with van der Waals surface area (Å²) in [6.45, 7) is 4.24. The number of carboxylic acids is 1. The van der Waals surface area contributed by atoms with Gasteiger partial charge in [0.15, 0.2) is 0 Å². The Morgan fingerprint density at radius 2 is 1.59 bits per heavy atom. The van der Waals surface area contributed by atoms with Crippen LogP contribution in [0.5, 0.6) is 0 Å². The molecule has 140 valence electrons. The van der Waals surface area contributed by atoms with E-state index >= 15 is 0 Å². The average Bonchev–Trinajstić information content (AvgIpc) is 3.03. The second-order valence-electron chi connectivity index (χ2n) is 6.95. The van der Waals surface area contributed by atoms with Crippen LogP contribution >= 0.6 is 0 Å². The van der Waals surface area contributed by atoms with Crippen molar-refractivity contribution >= 4 is 5.97 Å². The zero-order valence-corrected chi connectivity index (χ0v) is 15.9. The van der Waals surface area contributed by atoms with Crippen molar-refractivity contribution in [3.63, 3.8) is 0 Å². The molecule has 0 saturated carbocycles. The van der Waals surface area contributed by atoms with Gasteiger partial charge < -0.3 is 9.67 Å². The van der Waals surface area contributed by atoms with E-state index in [2.05, 4.69) is 35.8 Å². The molecule has 27 heavy (non-hydrogen) atoms. The quantitative estimate of drug-likeness (QED) is 0.521. The predicted octanol–water partition coefficient (Wildman–Crippen LogP) is 5.73. The molecule has 0 spiro atoms. The molecule has 0 bridgehead atoms. The Bertz CT molecular complexity index is 886. The van der Waals surface area contributed by atoms with Gasteiger partial charge in [0.1, 0.15) is 5.82 Å². The third-order valence-electron chi connectivity index (χ3n) is 4.89. The van der Waals surface area contributed by atoms with E-state index in [0.29, 0.717) is 6.42 Å². The summed E-state index contributed by atoms with van der Waals surface area (Å²) in [5.41, 5.74) is 4.38. The maximum Gasteiger partial charge on any atom is 0.303 e. The Morgan fingerprint density at radius 1 is 1.00 bits per heavy atom. The Kier molecular flexibility index (Phi) is 6.07. The van der Waals surface area contributed by atoms with E-state index in [9.17, 15) is 4.79 Å². The molecule has 0 radical (unpaired) electrons. The SMILES string of the molecule is Cc1nc(-c2ccccc2)c(-c2ccccc2)n1C(C)CCCCC(=O)O. The monoisotopic (exact) mass is 362 g/mol. The summed E-state index contributed by atoms with van der Waals surface area (Å²) in [6, 6.07) is 20.9. The van der Waals surface area contributed by atoms with Crippen LogP contribution in [0.1, 0.15) is 44.5 Å². The Labute approximate surface area is 160 Å². The highest BCUT2D eigenvalue weighted by Gasteiger charge is 2.21. The molecule has 0 aliphatic heterocycles. The summed E-state index contributed by atoms with van der Waals surface area (Å²) in [6.07, 6.45) is 2.76. The maximum absolute atomic E-state index is 10.8. The zero-order valence-electron chi connectivity index (χ0n) is 15.9. The first-order valence-electron chi connectivity index (χ1n) is 9.49. The van der Waals surface area contributed by atoms with Crippen LogP contribution in [0.4, 0.5) is 0 Å². The lowest BCUT2D eigenvalue weighted by Gasteiger charge is -2.19. The van der Waals surface area contributed by atoms with Crippen molar-refractivity contribution in [3.8, 4) is 22.5 Å². The minimum absolute atomic E-state index is 0.233. The summed E-state index contributed by atoms with van der Waals surface area (Å²) in [4.78, 5) is 15.7. The van der Waals surface area contributed by atoms with Crippen LogP contribution in [0.25, 0.3) is 22.5 Å². The zero-order chi connectivity index (χ0) is 19.2. The van der Waals surface area contributed by atoms with Crippen molar-refractivity contribution in [3.05, 3.63) is 66.5 Å².